The minimum atomic E-state index is -1.12. The Labute approximate surface area is 196 Å². The van der Waals surface area contributed by atoms with Gasteiger partial charge < -0.3 is 14.5 Å². The lowest BCUT2D eigenvalue weighted by Gasteiger charge is -2.25. The molecule has 7 heteroatoms. The van der Waals surface area contributed by atoms with Gasteiger partial charge in [-0.15, -0.1) is 0 Å². The Morgan fingerprint density at radius 3 is 2.41 bits per heavy atom. The van der Waals surface area contributed by atoms with E-state index in [2.05, 4.69) is 10.3 Å². The highest BCUT2D eigenvalue weighted by molar-refractivity contribution is 6.33. The predicted octanol–water partition coefficient (Wildman–Crippen LogP) is 7.21. The molecule has 4 rings (SSSR count). The number of aromatic nitrogens is 1. The van der Waals surface area contributed by atoms with Gasteiger partial charge in [-0.3, -0.25) is 4.79 Å². The quantitative estimate of drug-likeness (QED) is 0.335. The maximum Gasteiger partial charge on any atom is 0.267 e. The zero-order valence-corrected chi connectivity index (χ0v) is 19.6. The largest absolute Gasteiger partial charge is 0.478 e. The molecule has 0 fully saturated rings. The predicted molar refractivity (Wildman–Crippen MR) is 129 cm³/mol. The van der Waals surface area contributed by atoms with Crippen LogP contribution in [-0.2, 0) is 4.79 Å². The minimum absolute atomic E-state index is 0.315. The van der Waals surface area contributed by atoms with E-state index in [4.69, 9.17) is 32.4 Å². The molecule has 0 unspecified atom stereocenters. The number of halogens is 2. The van der Waals surface area contributed by atoms with Crippen LogP contribution in [0.15, 0.2) is 59.0 Å². The van der Waals surface area contributed by atoms with Gasteiger partial charge in [0.25, 0.3) is 5.91 Å². The van der Waals surface area contributed by atoms with Crippen LogP contribution >= 0.6 is 23.2 Å². The van der Waals surface area contributed by atoms with Crippen molar-refractivity contribution in [1.29, 1.82) is 0 Å². The molecule has 5 nitrogen and oxygen atoms in total. The van der Waals surface area contributed by atoms with E-state index in [0.717, 1.165) is 16.6 Å². The van der Waals surface area contributed by atoms with Gasteiger partial charge in [-0.2, -0.15) is 0 Å². The number of oxazole rings is 1. The van der Waals surface area contributed by atoms with Gasteiger partial charge in [0.15, 0.2) is 11.2 Å². The van der Waals surface area contributed by atoms with Crippen molar-refractivity contribution in [3.63, 3.8) is 0 Å². The summed E-state index contributed by atoms with van der Waals surface area (Å²) in [6.45, 7) is 7.44. The molecule has 1 aromatic heterocycles. The summed E-state index contributed by atoms with van der Waals surface area (Å²) >= 11 is 12.3. The second-order valence-corrected chi connectivity index (χ2v) is 8.98. The van der Waals surface area contributed by atoms with E-state index in [-0.39, 0.29) is 5.91 Å². The second kappa shape index (κ2) is 8.49. The van der Waals surface area contributed by atoms with Crippen LogP contribution < -0.4 is 10.1 Å². The molecule has 0 aliphatic rings. The van der Waals surface area contributed by atoms with Crippen LogP contribution in [0.4, 0.5) is 5.69 Å². The molecule has 0 saturated heterocycles. The molecule has 1 N–H and O–H groups in total. The number of hydrogen-bond donors (Lipinski definition) is 1. The third-order valence-electron chi connectivity index (χ3n) is 5.19. The van der Waals surface area contributed by atoms with Crippen molar-refractivity contribution >= 4 is 45.9 Å². The normalized spacial score (nSPS) is 11.6. The monoisotopic (exact) mass is 468 g/mol. The first-order valence-electron chi connectivity index (χ1n) is 10.1. The number of nitrogens with one attached hydrogen (secondary N) is 1. The minimum Gasteiger partial charge on any atom is -0.478 e. The fourth-order valence-electron chi connectivity index (χ4n) is 3.19. The molecule has 0 bridgehead atoms. The van der Waals surface area contributed by atoms with Crippen molar-refractivity contribution in [2.45, 2.75) is 33.3 Å². The number of ether oxygens (including phenoxy) is 1. The SMILES string of the molecule is Cc1cc2nc(-c3cc(NC(=O)C(C)(C)Oc4ccc(Cl)cc4)ccc3Cl)oc2cc1C. The summed E-state index contributed by atoms with van der Waals surface area (Å²) in [6, 6.07) is 15.9. The number of benzene rings is 3. The summed E-state index contributed by atoms with van der Waals surface area (Å²) in [5.41, 5.74) is 3.71. The first kappa shape index (κ1) is 22.2. The van der Waals surface area contributed by atoms with Gasteiger partial charge in [0.05, 0.1) is 10.6 Å². The fourth-order valence-corrected chi connectivity index (χ4v) is 3.51. The number of hydrogen-bond acceptors (Lipinski definition) is 4. The Kier molecular flexibility index (Phi) is 5.89. The smallest absolute Gasteiger partial charge is 0.267 e. The average molecular weight is 469 g/mol. The standard InChI is InChI=1S/C25H22Cl2N2O3/c1-14-11-21-22(12-15(14)2)31-23(29-21)19-13-17(7-10-20(19)27)28-24(30)25(3,4)32-18-8-5-16(26)6-9-18/h5-13H,1-4H3,(H,28,30). The number of carbonyl (C=O) groups excluding carboxylic acids is 1. The van der Waals surface area contributed by atoms with Crippen molar-refractivity contribution in [2.24, 2.45) is 0 Å². The molecule has 0 radical (unpaired) electrons. The maximum absolute atomic E-state index is 12.9. The van der Waals surface area contributed by atoms with Crippen LogP contribution in [-0.4, -0.2) is 16.5 Å². The lowest BCUT2D eigenvalue weighted by atomic mass is 10.1. The van der Waals surface area contributed by atoms with Gasteiger partial charge in [0, 0.05) is 10.7 Å². The van der Waals surface area contributed by atoms with E-state index in [9.17, 15) is 4.79 Å². The van der Waals surface area contributed by atoms with Crippen molar-refractivity contribution < 1.29 is 13.9 Å². The number of rotatable bonds is 5. The Bertz CT molecular complexity index is 1270. The lowest BCUT2D eigenvalue weighted by molar-refractivity contribution is -0.128. The third-order valence-corrected chi connectivity index (χ3v) is 5.77. The zero-order valence-electron chi connectivity index (χ0n) is 18.1. The van der Waals surface area contributed by atoms with Crippen LogP contribution in [0.2, 0.25) is 10.0 Å². The highest BCUT2D eigenvalue weighted by atomic mass is 35.5. The average Bonchev–Trinajstić information content (AvgIpc) is 3.13. The molecular weight excluding hydrogens is 447 g/mol. The maximum atomic E-state index is 12.9. The second-order valence-electron chi connectivity index (χ2n) is 8.14. The number of carbonyl (C=O) groups is 1. The molecule has 0 aliphatic carbocycles. The van der Waals surface area contributed by atoms with Gasteiger partial charge >= 0.3 is 0 Å². The molecule has 3 aromatic carbocycles. The van der Waals surface area contributed by atoms with Crippen LogP contribution in [0.1, 0.15) is 25.0 Å². The molecule has 0 aliphatic heterocycles. The van der Waals surface area contributed by atoms with Crippen LogP contribution in [0.5, 0.6) is 5.75 Å². The lowest BCUT2D eigenvalue weighted by Crippen LogP contribution is -2.42. The molecule has 0 atom stereocenters. The Hall–Kier alpha value is -3.02. The molecule has 4 aromatic rings. The first-order valence-corrected chi connectivity index (χ1v) is 10.8. The zero-order chi connectivity index (χ0) is 23.0. The molecule has 1 amide bonds. The molecule has 32 heavy (non-hydrogen) atoms. The summed E-state index contributed by atoms with van der Waals surface area (Å²) in [6.07, 6.45) is 0. The Morgan fingerprint density at radius 1 is 1.00 bits per heavy atom. The summed E-state index contributed by atoms with van der Waals surface area (Å²) in [5, 5.41) is 3.95. The Balaban J connectivity index is 1.58. The first-order chi connectivity index (χ1) is 15.1. The highest BCUT2D eigenvalue weighted by Crippen LogP contribution is 2.33. The number of aryl methyl sites for hydroxylation is 2. The summed E-state index contributed by atoms with van der Waals surface area (Å²) in [5.74, 6) is 0.621. The topological polar surface area (TPSA) is 64.4 Å². The molecular formula is C25H22Cl2N2O3. The van der Waals surface area contributed by atoms with Crippen molar-refractivity contribution in [1.82, 2.24) is 4.98 Å². The number of anilines is 1. The van der Waals surface area contributed by atoms with E-state index < -0.39 is 5.60 Å². The van der Waals surface area contributed by atoms with Gasteiger partial charge in [-0.25, -0.2) is 4.98 Å². The van der Waals surface area contributed by atoms with Crippen LogP contribution in [0.3, 0.4) is 0 Å². The fraction of sp³-hybridized carbons (Fsp3) is 0.200. The Morgan fingerprint density at radius 2 is 1.69 bits per heavy atom. The molecule has 0 spiro atoms. The van der Waals surface area contributed by atoms with E-state index >= 15 is 0 Å². The highest BCUT2D eigenvalue weighted by Gasteiger charge is 2.30. The van der Waals surface area contributed by atoms with Crippen molar-refractivity contribution in [3.05, 3.63) is 75.8 Å². The van der Waals surface area contributed by atoms with Crippen LogP contribution in [0.25, 0.3) is 22.6 Å². The van der Waals surface area contributed by atoms with Crippen LogP contribution in [0, 0.1) is 13.8 Å². The third kappa shape index (κ3) is 4.59. The van der Waals surface area contributed by atoms with Gasteiger partial charge in [-0.05, 0) is 93.4 Å². The summed E-state index contributed by atoms with van der Waals surface area (Å²) < 4.78 is 11.8. The van der Waals surface area contributed by atoms with E-state index in [0.29, 0.717) is 38.5 Å². The van der Waals surface area contributed by atoms with E-state index in [1.54, 1.807) is 56.3 Å². The molecule has 0 saturated carbocycles. The summed E-state index contributed by atoms with van der Waals surface area (Å²) in [4.78, 5) is 17.5. The summed E-state index contributed by atoms with van der Waals surface area (Å²) in [7, 11) is 0. The molecule has 1 heterocycles. The number of amides is 1. The van der Waals surface area contributed by atoms with E-state index in [1.165, 1.54) is 0 Å². The van der Waals surface area contributed by atoms with Gasteiger partial charge in [0.2, 0.25) is 5.89 Å². The van der Waals surface area contributed by atoms with Crippen molar-refractivity contribution in [3.8, 4) is 17.2 Å². The molecule has 164 valence electrons. The number of fused-ring (bicyclic) bond motifs is 1. The van der Waals surface area contributed by atoms with E-state index in [1.807, 2.05) is 26.0 Å². The van der Waals surface area contributed by atoms with Crippen molar-refractivity contribution in [2.75, 3.05) is 5.32 Å². The van der Waals surface area contributed by atoms with Gasteiger partial charge in [-0.1, -0.05) is 23.2 Å². The van der Waals surface area contributed by atoms with Gasteiger partial charge in [0.1, 0.15) is 11.3 Å². The number of nitrogens with zero attached hydrogens (tertiary/aromatic N) is 1.